The fourth-order valence-corrected chi connectivity index (χ4v) is 3.60. The number of sulfonamides is 1. The van der Waals surface area contributed by atoms with Gasteiger partial charge in [-0.25, -0.2) is 8.42 Å². The lowest BCUT2D eigenvalue weighted by Gasteiger charge is -2.11. The summed E-state index contributed by atoms with van der Waals surface area (Å²) in [6.07, 6.45) is -3.78. The standard InChI is InChI=1S/C13H8BrF2NO4S/c14-11-9(6-7-10-12(11)21-13(15,16)20-10)17-22(18,19)8-4-2-1-3-5-8/h1-7,17H. The Morgan fingerprint density at radius 3 is 2.41 bits per heavy atom. The SMILES string of the molecule is O=S(=O)(Nc1ccc2c(c1Br)OC(F)(F)O2)c1ccccc1. The van der Waals surface area contributed by atoms with Crippen LogP contribution in [-0.4, -0.2) is 14.7 Å². The van der Waals surface area contributed by atoms with Crippen LogP contribution < -0.4 is 14.2 Å². The highest BCUT2D eigenvalue weighted by molar-refractivity contribution is 9.10. The summed E-state index contributed by atoms with van der Waals surface area (Å²) >= 11 is 3.04. The molecule has 0 fully saturated rings. The molecule has 1 N–H and O–H groups in total. The van der Waals surface area contributed by atoms with E-state index in [1.54, 1.807) is 18.2 Å². The Morgan fingerprint density at radius 2 is 1.73 bits per heavy atom. The van der Waals surface area contributed by atoms with Crippen molar-refractivity contribution in [2.24, 2.45) is 0 Å². The van der Waals surface area contributed by atoms with E-state index in [1.165, 1.54) is 24.3 Å². The second-order valence-corrected chi connectivity index (χ2v) is 6.82. The Balaban J connectivity index is 1.96. The van der Waals surface area contributed by atoms with Crippen LogP contribution in [0.25, 0.3) is 0 Å². The zero-order valence-corrected chi connectivity index (χ0v) is 13.1. The van der Waals surface area contributed by atoms with E-state index in [-0.39, 0.29) is 26.6 Å². The Bertz CT molecular complexity index is 827. The van der Waals surface area contributed by atoms with Gasteiger partial charge >= 0.3 is 6.29 Å². The summed E-state index contributed by atoms with van der Waals surface area (Å²) in [6.45, 7) is 0. The van der Waals surface area contributed by atoms with Crippen molar-refractivity contribution < 1.29 is 26.7 Å². The maximum absolute atomic E-state index is 13.0. The molecule has 0 aliphatic carbocycles. The summed E-state index contributed by atoms with van der Waals surface area (Å²) in [5.41, 5.74) is 0.0592. The molecule has 2 aromatic carbocycles. The summed E-state index contributed by atoms with van der Waals surface area (Å²) < 4.78 is 61.5. The molecule has 3 rings (SSSR count). The molecule has 0 unspecified atom stereocenters. The molecule has 0 amide bonds. The number of hydrogen-bond acceptors (Lipinski definition) is 4. The van der Waals surface area contributed by atoms with Crippen LogP contribution in [-0.2, 0) is 10.0 Å². The molecule has 2 aromatic rings. The third-order valence-corrected chi connectivity index (χ3v) is 4.98. The first-order chi connectivity index (χ1) is 10.3. The smallest absolute Gasteiger partial charge is 0.395 e. The average molecular weight is 392 g/mol. The zero-order chi connectivity index (χ0) is 16.0. The number of fused-ring (bicyclic) bond motifs is 1. The molecule has 22 heavy (non-hydrogen) atoms. The van der Waals surface area contributed by atoms with Crippen LogP contribution >= 0.6 is 15.9 Å². The number of nitrogens with one attached hydrogen (secondary N) is 1. The number of alkyl halides is 2. The Labute approximate surface area is 133 Å². The monoisotopic (exact) mass is 391 g/mol. The topological polar surface area (TPSA) is 64.6 Å². The lowest BCUT2D eigenvalue weighted by molar-refractivity contribution is -0.286. The van der Waals surface area contributed by atoms with Crippen molar-refractivity contribution in [2.45, 2.75) is 11.2 Å². The fraction of sp³-hybridized carbons (Fsp3) is 0.0769. The highest BCUT2D eigenvalue weighted by atomic mass is 79.9. The second kappa shape index (κ2) is 5.10. The van der Waals surface area contributed by atoms with Gasteiger partial charge < -0.3 is 9.47 Å². The van der Waals surface area contributed by atoms with Crippen molar-refractivity contribution in [3.8, 4) is 11.5 Å². The third-order valence-electron chi connectivity index (χ3n) is 2.81. The molecule has 0 aromatic heterocycles. The summed E-state index contributed by atoms with van der Waals surface area (Å²) in [5.74, 6) is -0.446. The summed E-state index contributed by atoms with van der Waals surface area (Å²) in [6, 6.07) is 10.2. The third kappa shape index (κ3) is 2.73. The summed E-state index contributed by atoms with van der Waals surface area (Å²) in [5, 5.41) is 0. The van der Waals surface area contributed by atoms with E-state index in [4.69, 9.17) is 0 Å². The minimum atomic E-state index is -3.85. The number of anilines is 1. The summed E-state index contributed by atoms with van der Waals surface area (Å²) in [7, 11) is -3.85. The van der Waals surface area contributed by atoms with Crippen LogP contribution in [0.2, 0.25) is 0 Å². The van der Waals surface area contributed by atoms with Gasteiger partial charge in [-0.15, -0.1) is 8.78 Å². The molecule has 0 atom stereocenters. The number of rotatable bonds is 3. The quantitative estimate of drug-likeness (QED) is 0.868. The predicted octanol–water partition coefficient (Wildman–Crippen LogP) is 3.57. The Morgan fingerprint density at radius 1 is 1.05 bits per heavy atom. The Hall–Kier alpha value is -1.87. The van der Waals surface area contributed by atoms with Gasteiger partial charge in [0.2, 0.25) is 0 Å². The second-order valence-electron chi connectivity index (χ2n) is 4.34. The normalized spacial score (nSPS) is 15.6. The van der Waals surface area contributed by atoms with Crippen LogP contribution in [0.1, 0.15) is 0 Å². The maximum atomic E-state index is 13.0. The van der Waals surface area contributed by atoms with E-state index in [9.17, 15) is 17.2 Å². The predicted molar refractivity (Wildman–Crippen MR) is 77.6 cm³/mol. The molecule has 1 aliphatic rings. The van der Waals surface area contributed by atoms with Crippen LogP contribution in [0.5, 0.6) is 11.5 Å². The maximum Gasteiger partial charge on any atom is 0.586 e. The van der Waals surface area contributed by atoms with Crippen LogP contribution in [0, 0.1) is 0 Å². The van der Waals surface area contributed by atoms with Gasteiger partial charge in [-0.3, -0.25) is 4.72 Å². The van der Waals surface area contributed by atoms with Crippen molar-refractivity contribution >= 4 is 31.6 Å². The first-order valence-corrected chi connectivity index (χ1v) is 8.22. The molecule has 0 spiro atoms. The zero-order valence-electron chi connectivity index (χ0n) is 10.7. The van der Waals surface area contributed by atoms with Gasteiger partial charge in [0.25, 0.3) is 10.0 Å². The molecular formula is C13H8BrF2NO4S. The van der Waals surface area contributed by atoms with E-state index in [0.717, 1.165) is 0 Å². The molecule has 5 nitrogen and oxygen atoms in total. The molecule has 0 radical (unpaired) electrons. The van der Waals surface area contributed by atoms with Crippen LogP contribution in [0.4, 0.5) is 14.5 Å². The molecule has 1 aliphatic heterocycles. The lowest BCUT2D eigenvalue weighted by Crippen LogP contribution is -2.26. The number of ether oxygens (including phenoxy) is 2. The minimum absolute atomic E-state index is 0.0293. The molecule has 9 heteroatoms. The lowest BCUT2D eigenvalue weighted by atomic mass is 10.3. The van der Waals surface area contributed by atoms with Gasteiger partial charge in [0.1, 0.15) is 0 Å². The van der Waals surface area contributed by atoms with Gasteiger partial charge in [-0.05, 0) is 40.2 Å². The van der Waals surface area contributed by atoms with Gasteiger partial charge in [0, 0.05) is 0 Å². The van der Waals surface area contributed by atoms with Crippen molar-refractivity contribution in [2.75, 3.05) is 4.72 Å². The van der Waals surface area contributed by atoms with Crippen molar-refractivity contribution in [3.05, 3.63) is 46.9 Å². The molecular weight excluding hydrogens is 384 g/mol. The Kier molecular flexibility index (Phi) is 3.48. The van der Waals surface area contributed by atoms with Crippen LogP contribution in [0.15, 0.2) is 51.8 Å². The fourth-order valence-electron chi connectivity index (χ4n) is 1.86. The van der Waals surface area contributed by atoms with Gasteiger partial charge in [-0.1, -0.05) is 18.2 Å². The first-order valence-electron chi connectivity index (χ1n) is 5.95. The molecule has 0 saturated carbocycles. The first kappa shape index (κ1) is 15.0. The van der Waals surface area contributed by atoms with E-state index >= 15 is 0 Å². The minimum Gasteiger partial charge on any atom is -0.395 e. The van der Waals surface area contributed by atoms with Gasteiger partial charge in [-0.2, -0.15) is 0 Å². The largest absolute Gasteiger partial charge is 0.586 e. The van der Waals surface area contributed by atoms with Crippen molar-refractivity contribution in [1.29, 1.82) is 0 Å². The number of hydrogen-bond donors (Lipinski definition) is 1. The molecule has 116 valence electrons. The van der Waals surface area contributed by atoms with Crippen molar-refractivity contribution in [1.82, 2.24) is 0 Å². The van der Waals surface area contributed by atoms with E-state index in [1.807, 2.05) is 0 Å². The van der Waals surface area contributed by atoms with E-state index in [0.29, 0.717) is 0 Å². The van der Waals surface area contributed by atoms with Crippen molar-refractivity contribution in [3.63, 3.8) is 0 Å². The molecule has 0 saturated heterocycles. The van der Waals surface area contributed by atoms with E-state index in [2.05, 4.69) is 30.1 Å². The van der Waals surface area contributed by atoms with Crippen LogP contribution in [0.3, 0.4) is 0 Å². The highest BCUT2D eigenvalue weighted by Gasteiger charge is 2.45. The molecule has 0 bridgehead atoms. The van der Waals surface area contributed by atoms with E-state index < -0.39 is 16.3 Å². The molecule has 1 heterocycles. The summed E-state index contributed by atoms with van der Waals surface area (Å²) in [4.78, 5) is 0.0462. The highest BCUT2D eigenvalue weighted by Crippen LogP contribution is 2.48. The number of benzene rings is 2. The average Bonchev–Trinajstić information content (AvgIpc) is 2.78. The van der Waals surface area contributed by atoms with Gasteiger partial charge in [0.15, 0.2) is 11.5 Å². The van der Waals surface area contributed by atoms with Gasteiger partial charge in [0.05, 0.1) is 15.1 Å². The number of halogens is 3.